The fourth-order valence-corrected chi connectivity index (χ4v) is 7.54. The predicted octanol–water partition coefficient (Wildman–Crippen LogP) is 5.45. The highest BCUT2D eigenvalue weighted by Gasteiger charge is 2.56. The maximum atomic E-state index is 11.6. The van der Waals surface area contributed by atoms with Crippen LogP contribution in [-0.2, 0) is 4.74 Å². The Morgan fingerprint density at radius 3 is 2.34 bits per heavy atom. The summed E-state index contributed by atoms with van der Waals surface area (Å²) in [5.41, 5.74) is 1.44. The molecule has 1 heterocycles. The van der Waals surface area contributed by atoms with Gasteiger partial charge in [-0.05, 0) is 121 Å². The molecule has 2 aliphatic carbocycles. The maximum absolute atomic E-state index is 11.6. The second-order valence-corrected chi connectivity index (χ2v) is 13.4. The highest BCUT2D eigenvalue weighted by Crippen LogP contribution is 2.56. The fourth-order valence-electron chi connectivity index (χ4n) is 7.54. The lowest BCUT2D eigenvalue weighted by molar-refractivity contribution is -0.205. The highest BCUT2D eigenvalue weighted by molar-refractivity contribution is 5.27. The molecule has 3 aliphatic rings. The highest BCUT2D eigenvalue weighted by atomic mass is 16.5. The molecule has 3 rings (SSSR count). The standard InChI is InChI=1S/C30H52O5/c1-19(2)22(31)11-15-28(6)16-12-23(32)20(3)21(28)9-10-24-29(7)17-13-25(33)27(4,5)35-26(29)14-18-30(24,8)34/h22-26,31-34H,1,9-18H2,2-8H3/t22?,23?,24-,25-,26-,28?,29-,30+/m1/s1. The van der Waals surface area contributed by atoms with Gasteiger partial charge in [-0.1, -0.05) is 31.6 Å². The summed E-state index contributed by atoms with van der Waals surface area (Å²) in [5.74, 6) is 0.0273. The van der Waals surface area contributed by atoms with Crippen LogP contribution in [0.3, 0.4) is 0 Å². The van der Waals surface area contributed by atoms with E-state index in [9.17, 15) is 20.4 Å². The van der Waals surface area contributed by atoms with E-state index in [2.05, 4.69) is 27.4 Å². The third-order valence-corrected chi connectivity index (χ3v) is 10.3. The number of hydrogen-bond acceptors (Lipinski definition) is 5. The Morgan fingerprint density at radius 2 is 1.71 bits per heavy atom. The molecule has 1 aliphatic heterocycles. The topological polar surface area (TPSA) is 90.2 Å². The first kappa shape index (κ1) is 28.8. The van der Waals surface area contributed by atoms with Gasteiger partial charge >= 0.3 is 0 Å². The molecule has 0 spiro atoms. The van der Waals surface area contributed by atoms with Crippen LogP contribution >= 0.6 is 0 Å². The SMILES string of the molecule is C=C(C)C(O)CCC1(C)CCC(O)C(C)=C1CC[C@@H]1[C@@]2(C)CC[C@@H](O)C(C)(C)O[C@@H]2CC[C@]1(C)O. The summed E-state index contributed by atoms with van der Waals surface area (Å²) in [6.45, 7) is 18.3. The van der Waals surface area contributed by atoms with E-state index in [1.165, 1.54) is 5.57 Å². The van der Waals surface area contributed by atoms with Gasteiger partial charge in [-0.15, -0.1) is 0 Å². The second-order valence-electron chi connectivity index (χ2n) is 13.4. The Balaban J connectivity index is 1.87. The summed E-state index contributed by atoms with van der Waals surface area (Å²) in [4.78, 5) is 0. The number of fused-ring (bicyclic) bond motifs is 1. The molecule has 1 saturated heterocycles. The van der Waals surface area contributed by atoms with Crippen molar-refractivity contribution in [3.63, 3.8) is 0 Å². The zero-order valence-corrected chi connectivity index (χ0v) is 23.4. The summed E-state index contributed by atoms with van der Waals surface area (Å²) in [5, 5.41) is 43.5. The normalized spacial score (nSPS) is 42.8. The van der Waals surface area contributed by atoms with Crippen molar-refractivity contribution < 1.29 is 25.2 Å². The molecule has 1 saturated carbocycles. The average Bonchev–Trinajstić information content (AvgIpc) is 2.85. The molecule has 0 radical (unpaired) electrons. The molecule has 35 heavy (non-hydrogen) atoms. The van der Waals surface area contributed by atoms with Gasteiger partial charge in [0.25, 0.3) is 0 Å². The van der Waals surface area contributed by atoms with Crippen LogP contribution in [0, 0.1) is 16.7 Å². The molecule has 0 aromatic carbocycles. The molecule has 2 fully saturated rings. The minimum atomic E-state index is -0.803. The lowest BCUT2D eigenvalue weighted by Gasteiger charge is -2.54. The molecule has 4 N–H and O–H groups in total. The van der Waals surface area contributed by atoms with Gasteiger partial charge < -0.3 is 25.2 Å². The zero-order valence-electron chi connectivity index (χ0n) is 23.4. The number of allylic oxidation sites excluding steroid dienone is 1. The molecule has 0 amide bonds. The molecule has 0 aromatic rings. The van der Waals surface area contributed by atoms with Crippen molar-refractivity contribution in [2.45, 2.75) is 148 Å². The van der Waals surface area contributed by atoms with Gasteiger partial charge in [0.15, 0.2) is 0 Å². The summed E-state index contributed by atoms with van der Waals surface area (Å²) in [7, 11) is 0. The van der Waals surface area contributed by atoms with Gasteiger partial charge in [-0.2, -0.15) is 0 Å². The van der Waals surface area contributed by atoms with Crippen molar-refractivity contribution in [1.82, 2.24) is 0 Å². The van der Waals surface area contributed by atoms with Crippen LogP contribution in [0.5, 0.6) is 0 Å². The minimum absolute atomic E-state index is 0.00370. The van der Waals surface area contributed by atoms with Crippen molar-refractivity contribution in [3.05, 3.63) is 23.3 Å². The van der Waals surface area contributed by atoms with Crippen molar-refractivity contribution >= 4 is 0 Å². The van der Waals surface area contributed by atoms with E-state index < -0.39 is 29.5 Å². The Kier molecular flexibility index (Phi) is 8.41. The quantitative estimate of drug-likeness (QED) is 0.355. The lowest BCUT2D eigenvalue weighted by Crippen LogP contribution is -2.56. The molecule has 3 unspecified atom stereocenters. The smallest absolute Gasteiger partial charge is 0.0888 e. The van der Waals surface area contributed by atoms with Crippen LogP contribution in [0.15, 0.2) is 23.3 Å². The van der Waals surface area contributed by atoms with Gasteiger partial charge in [-0.25, -0.2) is 0 Å². The summed E-state index contributed by atoms with van der Waals surface area (Å²) in [6.07, 6.45) is 6.34. The Labute approximate surface area is 213 Å². The molecule has 8 atom stereocenters. The van der Waals surface area contributed by atoms with E-state index in [1.807, 2.05) is 27.7 Å². The van der Waals surface area contributed by atoms with Crippen LogP contribution < -0.4 is 0 Å². The number of aliphatic hydroxyl groups excluding tert-OH is 3. The number of rotatable bonds is 7. The Hall–Kier alpha value is -0.720. The van der Waals surface area contributed by atoms with Crippen molar-refractivity contribution in [2.75, 3.05) is 0 Å². The zero-order chi connectivity index (χ0) is 26.4. The first-order valence-corrected chi connectivity index (χ1v) is 13.8. The van der Waals surface area contributed by atoms with Gasteiger partial charge in [0.1, 0.15) is 0 Å². The van der Waals surface area contributed by atoms with E-state index in [0.29, 0.717) is 19.3 Å². The van der Waals surface area contributed by atoms with Crippen LogP contribution in [-0.4, -0.2) is 56.0 Å². The maximum Gasteiger partial charge on any atom is 0.0888 e. The summed E-state index contributed by atoms with van der Waals surface area (Å²) >= 11 is 0. The van der Waals surface area contributed by atoms with Crippen LogP contribution in [0.2, 0.25) is 0 Å². The third kappa shape index (κ3) is 5.75. The molecule has 202 valence electrons. The predicted molar refractivity (Wildman–Crippen MR) is 141 cm³/mol. The molecular weight excluding hydrogens is 440 g/mol. The Morgan fingerprint density at radius 1 is 1.06 bits per heavy atom. The average molecular weight is 493 g/mol. The van der Waals surface area contributed by atoms with Gasteiger partial charge in [0, 0.05) is 0 Å². The first-order valence-electron chi connectivity index (χ1n) is 13.8. The first-order chi connectivity index (χ1) is 16.0. The fraction of sp³-hybridized carbons (Fsp3) is 0.867. The third-order valence-electron chi connectivity index (χ3n) is 10.3. The molecule has 5 nitrogen and oxygen atoms in total. The van der Waals surface area contributed by atoms with Gasteiger partial charge in [0.2, 0.25) is 0 Å². The summed E-state index contributed by atoms with van der Waals surface area (Å²) in [6, 6.07) is 0. The molecule has 5 heteroatoms. The van der Waals surface area contributed by atoms with Gasteiger partial charge in [-0.3, -0.25) is 0 Å². The van der Waals surface area contributed by atoms with Gasteiger partial charge in [0.05, 0.1) is 35.6 Å². The number of aliphatic hydroxyl groups is 4. The van der Waals surface area contributed by atoms with Crippen LogP contribution in [0.25, 0.3) is 0 Å². The van der Waals surface area contributed by atoms with Crippen molar-refractivity contribution in [2.24, 2.45) is 16.7 Å². The minimum Gasteiger partial charge on any atom is -0.390 e. The van der Waals surface area contributed by atoms with E-state index in [-0.39, 0.29) is 22.9 Å². The van der Waals surface area contributed by atoms with Crippen LogP contribution in [0.4, 0.5) is 0 Å². The van der Waals surface area contributed by atoms with Crippen molar-refractivity contribution in [3.8, 4) is 0 Å². The van der Waals surface area contributed by atoms with Crippen LogP contribution in [0.1, 0.15) is 113 Å². The number of hydrogen-bond donors (Lipinski definition) is 4. The van der Waals surface area contributed by atoms with E-state index in [4.69, 9.17) is 4.74 Å². The monoisotopic (exact) mass is 492 g/mol. The molecule has 0 bridgehead atoms. The van der Waals surface area contributed by atoms with E-state index in [0.717, 1.165) is 56.1 Å². The lowest BCUT2D eigenvalue weighted by atomic mass is 9.55. The molecular formula is C30H52O5. The summed E-state index contributed by atoms with van der Waals surface area (Å²) < 4.78 is 6.55. The second kappa shape index (κ2) is 10.2. The van der Waals surface area contributed by atoms with E-state index >= 15 is 0 Å². The molecule has 0 aromatic heterocycles. The largest absolute Gasteiger partial charge is 0.390 e. The van der Waals surface area contributed by atoms with Crippen molar-refractivity contribution in [1.29, 1.82) is 0 Å². The number of ether oxygens (including phenoxy) is 1. The Bertz CT molecular complexity index is 814. The van der Waals surface area contributed by atoms with E-state index in [1.54, 1.807) is 0 Å².